The number of hydrogen-bond donors (Lipinski definition) is 1. The molecule has 104 valence electrons. The molecular formula is C18H21NO. The molecule has 0 saturated heterocycles. The number of aryl methyl sites for hydroxylation is 2. The molecule has 0 radical (unpaired) electrons. The number of fused-ring (bicyclic) bond motifs is 1. The Bertz CT molecular complexity index is 621. The topological polar surface area (TPSA) is 35.2 Å². The van der Waals surface area contributed by atoms with Gasteiger partial charge in [0.15, 0.2) is 0 Å². The maximum Gasteiger partial charge on any atom is 0.122 e. The lowest BCUT2D eigenvalue weighted by Gasteiger charge is -2.32. The molecule has 20 heavy (non-hydrogen) atoms. The largest absolute Gasteiger partial charge is 0.488 e. The summed E-state index contributed by atoms with van der Waals surface area (Å²) in [5.74, 6) is 0.963. The van der Waals surface area contributed by atoms with Gasteiger partial charge in [-0.2, -0.15) is 0 Å². The first-order chi connectivity index (χ1) is 9.66. The zero-order chi connectivity index (χ0) is 14.1. The first-order valence-electron chi connectivity index (χ1n) is 7.23. The van der Waals surface area contributed by atoms with Gasteiger partial charge in [0.25, 0.3) is 0 Å². The Labute approximate surface area is 120 Å². The standard InChI is InChI=1S/C18H21NO/c1-12-6-5-9-16(13(12)2)20-17-11-10-14-7-3-4-8-15(14)18(17)19/h3-9,17-18H,10-11,19H2,1-2H3. The molecule has 0 bridgehead atoms. The van der Waals surface area contributed by atoms with Crippen molar-refractivity contribution in [2.75, 3.05) is 0 Å². The fraction of sp³-hybridized carbons (Fsp3) is 0.333. The lowest BCUT2D eigenvalue weighted by atomic mass is 9.86. The minimum Gasteiger partial charge on any atom is -0.488 e. The van der Waals surface area contributed by atoms with Crippen LogP contribution in [-0.2, 0) is 6.42 Å². The molecule has 2 atom stereocenters. The zero-order valence-corrected chi connectivity index (χ0v) is 12.1. The number of rotatable bonds is 2. The van der Waals surface area contributed by atoms with E-state index in [2.05, 4.69) is 44.2 Å². The van der Waals surface area contributed by atoms with Crippen LogP contribution in [0.15, 0.2) is 42.5 Å². The summed E-state index contributed by atoms with van der Waals surface area (Å²) < 4.78 is 6.21. The number of nitrogens with two attached hydrogens (primary N) is 1. The highest BCUT2D eigenvalue weighted by Gasteiger charge is 2.28. The van der Waals surface area contributed by atoms with Crippen LogP contribution in [0.4, 0.5) is 0 Å². The Morgan fingerprint density at radius 2 is 1.85 bits per heavy atom. The quantitative estimate of drug-likeness (QED) is 0.900. The monoisotopic (exact) mass is 267 g/mol. The van der Waals surface area contributed by atoms with E-state index in [4.69, 9.17) is 10.5 Å². The Kier molecular flexibility index (Phi) is 3.49. The highest BCUT2D eigenvalue weighted by atomic mass is 16.5. The van der Waals surface area contributed by atoms with E-state index < -0.39 is 0 Å². The van der Waals surface area contributed by atoms with Crippen LogP contribution in [0.1, 0.15) is 34.7 Å². The Morgan fingerprint density at radius 3 is 2.70 bits per heavy atom. The smallest absolute Gasteiger partial charge is 0.122 e. The lowest BCUT2D eigenvalue weighted by molar-refractivity contribution is 0.152. The van der Waals surface area contributed by atoms with Crippen LogP contribution < -0.4 is 10.5 Å². The Morgan fingerprint density at radius 1 is 1.05 bits per heavy atom. The van der Waals surface area contributed by atoms with Crippen molar-refractivity contribution in [2.24, 2.45) is 5.73 Å². The normalized spacial score (nSPS) is 21.4. The van der Waals surface area contributed by atoms with Gasteiger partial charge in [-0.15, -0.1) is 0 Å². The van der Waals surface area contributed by atoms with E-state index in [9.17, 15) is 0 Å². The molecule has 2 nitrogen and oxygen atoms in total. The van der Waals surface area contributed by atoms with Gasteiger partial charge in [0.05, 0.1) is 6.04 Å². The number of benzene rings is 2. The molecule has 0 fully saturated rings. The van der Waals surface area contributed by atoms with E-state index in [0.29, 0.717) is 0 Å². The SMILES string of the molecule is Cc1cccc(OC2CCc3ccccc3C2N)c1C. The maximum atomic E-state index is 6.40. The van der Waals surface area contributed by atoms with E-state index in [-0.39, 0.29) is 12.1 Å². The fourth-order valence-electron chi connectivity index (χ4n) is 2.91. The summed E-state index contributed by atoms with van der Waals surface area (Å²) >= 11 is 0. The van der Waals surface area contributed by atoms with Crippen LogP contribution in [0.3, 0.4) is 0 Å². The molecule has 2 aromatic rings. The van der Waals surface area contributed by atoms with Crippen LogP contribution in [0, 0.1) is 13.8 Å². The van der Waals surface area contributed by atoms with Gasteiger partial charge in [-0.05, 0) is 55.0 Å². The minimum atomic E-state index is -0.0418. The molecule has 2 N–H and O–H groups in total. The summed E-state index contributed by atoms with van der Waals surface area (Å²) in [5, 5.41) is 0. The molecular weight excluding hydrogens is 246 g/mol. The zero-order valence-electron chi connectivity index (χ0n) is 12.1. The van der Waals surface area contributed by atoms with E-state index in [0.717, 1.165) is 18.6 Å². The van der Waals surface area contributed by atoms with Gasteiger partial charge in [0.1, 0.15) is 11.9 Å². The second-order valence-corrected chi connectivity index (χ2v) is 5.62. The molecule has 0 amide bonds. The molecule has 2 heteroatoms. The van der Waals surface area contributed by atoms with E-state index in [1.165, 1.54) is 22.3 Å². The van der Waals surface area contributed by atoms with Crippen LogP contribution in [0.25, 0.3) is 0 Å². The van der Waals surface area contributed by atoms with E-state index in [1.54, 1.807) is 0 Å². The van der Waals surface area contributed by atoms with Crippen molar-refractivity contribution in [1.29, 1.82) is 0 Å². The number of hydrogen-bond acceptors (Lipinski definition) is 2. The second-order valence-electron chi connectivity index (χ2n) is 5.62. The van der Waals surface area contributed by atoms with E-state index in [1.807, 2.05) is 12.1 Å². The lowest BCUT2D eigenvalue weighted by Crippen LogP contribution is -2.36. The van der Waals surface area contributed by atoms with Crippen LogP contribution in [-0.4, -0.2) is 6.10 Å². The highest BCUT2D eigenvalue weighted by molar-refractivity contribution is 5.39. The third kappa shape index (κ3) is 2.32. The molecule has 0 spiro atoms. The third-order valence-corrected chi connectivity index (χ3v) is 4.35. The summed E-state index contributed by atoms with van der Waals surface area (Å²) in [4.78, 5) is 0. The minimum absolute atomic E-state index is 0.0418. The van der Waals surface area contributed by atoms with Crippen molar-refractivity contribution in [3.63, 3.8) is 0 Å². The van der Waals surface area contributed by atoms with Crippen molar-refractivity contribution < 1.29 is 4.74 Å². The average Bonchev–Trinajstić information content (AvgIpc) is 2.47. The van der Waals surface area contributed by atoms with Gasteiger partial charge in [-0.3, -0.25) is 0 Å². The summed E-state index contributed by atoms with van der Waals surface area (Å²) in [6.45, 7) is 4.21. The predicted octanol–water partition coefficient (Wildman–Crippen LogP) is 3.70. The molecule has 2 aromatic carbocycles. The third-order valence-electron chi connectivity index (χ3n) is 4.35. The molecule has 0 aliphatic heterocycles. The van der Waals surface area contributed by atoms with Gasteiger partial charge >= 0.3 is 0 Å². The molecule has 0 saturated carbocycles. The summed E-state index contributed by atoms with van der Waals surface area (Å²) in [6.07, 6.45) is 2.08. The Hall–Kier alpha value is -1.80. The fourth-order valence-corrected chi connectivity index (χ4v) is 2.91. The van der Waals surface area contributed by atoms with Crippen LogP contribution in [0.5, 0.6) is 5.75 Å². The molecule has 1 aliphatic rings. The van der Waals surface area contributed by atoms with Gasteiger partial charge in [-0.25, -0.2) is 0 Å². The maximum absolute atomic E-state index is 6.40. The van der Waals surface area contributed by atoms with Crippen molar-refractivity contribution >= 4 is 0 Å². The summed E-state index contributed by atoms with van der Waals surface area (Å²) in [5.41, 5.74) is 11.5. The highest BCUT2D eigenvalue weighted by Crippen LogP contribution is 2.32. The second kappa shape index (κ2) is 5.29. The first kappa shape index (κ1) is 13.2. The van der Waals surface area contributed by atoms with Gasteiger partial charge in [0, 0.05) is 0 Å². The van der Waals surface area contributed by atoms with Crippen LogP contribution in [0.2, 0.25) is 0 Å². The van der Waals surface area contributed by atoms with Gasteiger partial charge < -0.3 is 10.5 Å². The summed E-state index contributed by atoms with van der Waals surface area (Å²) in [7, 11) is 0. The van der Waals surface area contributed by atoms with Crippen molar-refractivity contribution in [2.45, 2.75) is 38.8 Å². The molecule has 3 rings (SSSR count). The summed E-state index contributed by atoms with van der Waals surface area (Å²) in [6, 6.07) is 14.6. The van der Waals surface area contributed by atoms with Crippen LogP contribution >= 0.6 is 0 Å². The van der Waals surface area contributed by atoms with Crippen molar-refractivity contribution in [3.05, 3.63) is 64.7 Å². The van der Waals surface area contributed by atoms with Crippen molar-refractivity contribution in [3.8, 4) is 5.75 Å². The van der Waals surface area contributed by atoms with Gasteiger partial charge in [-0.1, -0.05) is 36.4 Å². The molecule has 2 unspecified atom stereocenters. The number of ether oxygens (including phenoxy) is 1. The predicted molar refractivity (Wildman–Crippen MR) is 82.0 cm³/mol. The molecule has 1 aliphatic carbocycles. The van der Waals surface area contributed by atoms with Crippen molar-refractivity contribution in [1.82, 2.24) is 0 Å². The first-order valence-corrected chi connectivity index (χ1v) is 7.23. The Balaban J connectivity index is 1.85. The molecule has 0 heterocycles. The van der Waals surface area contributed by atoms with E-state index >= 15 is 0 Å². The molecule has 0 aromatic heterocycles. The van der Waals surface area contributed by atoms with Gasteiger partial charge in [0.2, 0.25) is 0 Å². The average molecular weight is 267 g/mol.